The number of rotatable bonds is 4. The van der Waals surface area contributed by atoms with Gasteiger partial charge in [-0.3, -0.25) is 4.98 Å². The Hall–Kier alpha value is -0.970. The summed E-state index contributed by atoms with van der Waals surface area (Å²) in [7, 11) is 0. The van der Waals surface area contributed by atoms with Gasteiger partial charge in [-0.25, -0.2) is 4.39 Å². The summed E-state index contributed by atoms with van der Waals surface area (Å²) in [6.07, 6.45) is 2.80. The van der Waals surface area contributed by atoms with E-state index in [9.17, 15) is 4.39 Å². The van der Waals surface area contributed by atoms with Crippen LogP contribution in [0.25, 0.3) is 0 Å². The minimum Gasteiger partial charge on any atom is -0.306 e. The molecule has 0 amide bonds. The average Bonchev–Trinajstić information content (AvgIpc) is 2.40. The molecule has 1 heterocycles. The zero-order valence-corrected chi connectivity index (χ0v) is 12.7. The molecular formula is C14H13BrClFN2. The van der Waals surface area contributed by atoms with Gasteiger partial charge in [-0.1, -0.05) is 34.5 Å². The quantitative estimate of drug-likeness (QED) is 0.893. The molecule has 0 saturated heterocycles. The fourth-order valence-electron chi connectivity index (χ4n) is 1.95. The lowest BCUT2D eigenvalue weighted by Crippen LogP contribution is -2.23. The molecule has 1 N–H and O–H groups in total. The van der Waals surface area contributed by atoms with Crippen LogP contribution in [0, 0.1) is 5.82 Å². The number of halogens is 3. The van der Waals surface area contributed by atoms with Gasteiger partial charge in [-0.2, -0.15) is 0 Å². The lowest BCUT2D eigenvalue weighted by molar-refractivity contribution is 0.554. The lowest BCUT2D eigenvalue weighted by atomic mass is 9.99. The molecule has 2 rings (SSSR count). The van der Waals surface area contributed by atoms with Crippen molar-refractivity contribution in [1.82, 2.24) is 10.3 Å². The highest BCUT2D eigenvalue weighted by atomic mass is 79.9. The number of nitrogens with one attached hydrogen (secondary N) is 1. The Bertz CT molecular complexity index is 577. The molecule has 2 aromatic rings. The van der Waals surface area contributed by atoms with Gasteiger partial charge in [0.25, 0.3) is 0 Å². The van der Waals surface area contributed by atoms with E-state index >= 15 is 0 Å². The Morgan fingerprint density at radius 3 is 2.84 bits per heavy atom. The molecule has 0 fully saturated rings. The van der Waals surface area contributed by atoms with Crippen molar-refractivity contribution in [2.75, 3.05) is 6.54 Å². The minimum absolute atomic E-state index is 0.263. The molecule has 0 aliphatic heterocycles. The van der Waals surface area contributed by atoms with Crippen molar-refractivity contribution >= 4 is 27.5 Å². The molecule has 1 aromatic heterocycles. The van der Waals surface area contributed by atoms with E-state index < -0.39 is 0 Å². The van der Waals surface area contributed by atoms with Gasteiger partial charge in [0.15, 0.2) is 0 Å². The number of hydrogen-bond donors (Lipinski definition) is 1. The summed E-state index contributed by atoms with van der Waals surface area (Å²) in [6.45, 7) is 2.69. The van der Waals surface area contributed by atoms with E-state index in [0.717, 1.165) is 10.0 Å². The Kier molecular flexibility index (Phi) is 4.91. The maximum absolute atomic E-state index is 13.9. The fourth-order valence-corrected chi connectivity index (χ4v) is 2.60. The van der Waals surface area contributed by atoms with E-state index in [4.69, 9.17) is 11.6 Å². The normalized spacial score (nSPS) is 12.4. The van der Waals surface area contributed by atoms with Gasteiger partial charge in [-0.05, 0) is 36.4 Å². The second kappa shape index (κ2) is 6.46. The van der Waals surface area contributed by atoms with Crippen LogP contribution in [0.3, 0.4) is 0 Å². The molecule has 5 heteroatoms. The van der Waals surface area contributed by atoms with Crippen LogP contribution in [0.5, 0.6) is 0 Å². The molecule has 0 aliphatic rings. The van der Waals surface area contributed by atoms with E-state index in [1.165, 1.54) is 6.20 Å². The highest BCUT2D eigenvalue weighted by Crippen LogP contribution is 2.31. The Morgan fingerprint density at radius 1 is 1.37 bits per heavy atom. The number of nitrogens with zero attached hydrogens (tertiary/aromatic N) is 1. The summed E-state index contributed by atoms with van der Waals surface area (Å²) >= 11 is 9.52. The molecule has 0 bridgehead atoms. The molecule has 1 aromatic carbocycles. The van der Waals surface area contributed by atoms with Crippen molar-refractivity contribution < 1.29 is 4.39 Å². The fraction of sp³-hybridized carbons (Fsp3) is 0.214. The predicted molar refractivity (Wildman–Crippen MR) is 78.9 cm³/mol. The summed E-state index contributed by atoms with van der Waals surface area (Å²) < 4.78 is 14.8. The maximum Gasteiger partial charge on any atom is 0.146 e. The molecular weight excluding hydrogens is 331 g/mol. The Balaban J connectivity index is 2.51. The zero-order valence-electron chi connectivity index (χ0n) is 10.3. The first-order chi connectivity index (χ1) is 9.13. The van der Waals surface area contributed by atoms with Crippen molar-refractivity contribution in [3.8, 4) is 0 Å². The standard InChI is InChI=1S/C14H13BrClFN2/c1-2-19-14(10-5-6-18-8-13(10)17)11-7-9(16)3-4-12(11)15/h3-8,14,19H,2H2,1H3. The Morgan fingerprint density at radius 2 is 2.16 bits per heavy atom. The SMILES string of the molecule is CCNC(c1ccncc1F)c1cc(Cl)ccc1Br. The molecule has 2 nitrogen and oxygen atoms in total. The minimum atomic E-state index is -0.333. The largest absolute Gasteiger partial charge is 0.306 e. The van der Waals surface area contributed by atoms with E-state index in [0.29, 0.717) is 17.1 Å². The Labute approximate surface area is 125 Å². The van der Waals surface area contributed by atoms with Gasteiger partial charge in [0.1, 0.15) is 5.82 Å². The maximum atomic E-state index is 13.9. The second-order valence-corrected chi connectivity index (χ2v) is 5.34. The van der Waals surface area contributed by atoms with Gasteiger partial charge >= 0.3 is 0 Å². The monoisotopic (exact) mass is 342 g/mol. The van der Waals surface area contributed by atoms with Crippen molar-refractivity contribution in [2.24, 2.45) is 0 Å². The van der Waals surface area contributed by atoms with Crippen molar-refractivity contribution in [2.45, 2.75) is 13.0 Å². The van der Waals surface area contributed by atoms with Crippen molar-refractivity contribution in [1.29, 1.82) is 0 Å². The smallest absolute Gasteiger partial charge is 0.146 e. The summed E-state index contributed by atoms with van der Waals surface area (Å²) in [5, 5.41) is 3.89. The molecule has 19 heavy (non-hydrogen) atoms. The van der Waals surface area contributed by atoms with Gasteiger partial charge in [0.05, 0.1) is 12.2 Å². The highest BCUT2D eigenvalue weighted by molar-refractivity contribution is 9.10. The third-order valence-corrected chi connectivity index (χ3v) is 3.75. The van der Waals surface area contributed by atoms with E-state index in [1.54, 1.807) is 18.3 Å². The first-order valence-corrected chi connectivity index (χ1v) is 7.08. The molecule has 1 unspecified atom stereocenters. The lowest BCUT2D eigenvalue weighted by Gasteiger charge is -2.20. The first-order valence-electron chi connectivity index (χ1n) is 5.91. The summed E-state index contributed by atoms with van der Waals surface area (Å²) in [5.41, 5.74) is 1.46. The topological polar surface area (TPSA) is 24.9 Å². The first kappa shape index (κ1) is 14.4. The van der Waals surface area contributed by atoms with Gasteiger partial charge in [0, 0.05) is 21.3 Å². The molecule has 1 atom stereocenters. The molecule has 100 valence electrons. The summed E-state index contributed by atoms with van der Waals surface area (Å²) in [5.74, 6) is -0.333. The summed E-state index contributed by atoms with van der Waals surface area (Å²) in [4.78, 5) is 3.78. The van der Waals surface area contributed by atoms with E-state index in [-0.39, 0.29) is 11.9 Å². The predicted octanol–water partition coefficient (Wildman–Crippen LogP) is 4.34. The van der Waals surface area contributed by atoms with Gasteiger partial charge in [-0.15, -0.1) is 0 Å². The van der Waals surface area contributed by atoms with Crippen LogP contribution >= 0.6 is 27.5 Å². The van der Waals surface area contributed by atoms with Gasteiger partial charge in [0.2, 0.25) is 0 Å². The second-order valence-electron chi connectivity index (χ2n) is 4.05. The van der Waals surface area contributed by atoms with Crippen LogP contribution in [-0.2, 0) is 0 Å². The number of aromatic nitrogens is 1. The third kappa shape index (κ3) is 3.32. The van der Waals surface area contributed by atoms with Crippen molar-refractivity contribution in [3.63, 3.8) is 0 Å². The molecule has 0 saturated carbocycles. The van der Waals surface area contributed by atoms with E-state index in [1.807, 2.05) is 19.1 Å². The average molecular weight is 344 g/mol. The molecule has 0 spiro atoms. The number of benzene rings is 1. The number of hydrogen-bond acceptors (Lipinski definition) is 2. The highest BCUT2D eigenvalue weighted by Gasteiger charge is 2.19. The van der Waals surface area contributed by atoms with Crippen LogP contribution in [0.2, 0.25) is 5.02 Å². The molecule has 0 aliphatic carbocycles. The van der Waals surface area contributed by atoms with Crippen LogP contribution in [-0.4, -0.2) is 11.5 Å². The van der Waals surface area contributed by atoms with Crippen molar-refractivity contribution in [3.05, 3.63) is 63.1 Å². The summed E-state index contributed by atoms with van der Waals surface area (Å²) in [6, 6.07) is 6.90. The zero-order chi connectivity index (χ0) is 13.8. The third-order valence-electron chi connectivity index (χ3n) is 2.79. The number of pyridine rings is 1. The van der Waals surface area contributed by atoms with Gasteiger partial charge < -0.3 is 5.32 Å². The van der Waals surface area contributed by atoms with Crippen LogP contribution in [0.1, 0.15) is 24.1 Å². The van der Waals surface area contributed by atoms with Crippen LogP contribution in [0.4, 0.5) is 4.39 Å². The van der Waals surface area contributed by atoms with Crippen LogP contribution < -0.4 is 5.32 Å². The molecule has 0 radical (unpaired) electrons. The van der Waals surface area contributed by atoms with E-state index in [2.05, 4.69) is 26.2 Å². The van der Waals surface area contributed by atoms with Crippen LogP contribution in [0.15, 0.2) is 41.1 Å².